The normalized spacial score (nSPS) is 19.9. The summed E-state index contributed by atoms with van der Waals surface area (Å²) < 4.78 is 71.4. The molecule has 0 saturated carbocycles. The first-order valence-corrected chi connectivity index (χ1v) is 34.1. The van der Waals surface area contributed by atoms with E-state index >= 15 is 0 Å². The first kappa shape index (κ1) is 76.6. The van der Waals surface area contributed by atoms with Crippen molar-refractivity contribution in [3.8, 4) is 55.9 Å². The maximum atomic E-state index is 12.5. The third kappa shape index (κ3) is 17.8. The van der Waals surface area contributed by atoms with Crippen molar-refractivity contribution in [2.24, 2.45) is 0 Å². The molecule has 2 fully saturated rings. The third-order valence-electron chi connectivity index (χ3n) is 17.3. The minimum absolute atomic E-state index is 0. The van der Waals surface area contributed by atoms with Gasteiger partial charge in [-0.15, -0.1) is 32.3 Å². The van der Waals surface area contributed by atoms with Crippen LogP contribution in [0.15, 0.2) is 146 Å². The Kier molecular flexibility index (Phi) is 23.8. The van der Waals surface area contributed by atoms with Crippen molar-refractivity contribution in [2.45, 2.75) is 130 Å². The molecule has 0 unspecified atom stereocenters. The smallest absolute Gasteiger partial charge is 0.657 e. The molecule has 5 aromatic heterocycles. The van der Waals surface area contributed by atoms with E-state index in [-0.39, 0.29) is 32.7 Å². The van der Waals surface area contributed by atoms with Crippen LogP contribution in [0.3, 0.4) is 0 Å². The molecule has 0 amide bonds. The number of carbonyl (C=O) groups excluding carboxylic acids is 8. The van der Waals surface area contributed by atoms with Gasteiger partial charge in [-0.3, -0.25) is 38.4 Å². The number of benzene rings is 4. The topological polar surface area (TPSA) is 363 Å². The Morgan fingerprint density at radius 3 is 0.963 bits per heavy atom. The molecule has 4 aliphatic rings. The van der Waals surface area contributed by atoms with E-state index < -0.39 is 122 Å². The maximum absolute atomic E-state index is 12.5. The molecule has 9 heterocycles. The van der Waals surface area contributed by atoms with Gasteiger partial charge in [0.2, 0.25) is 0 Å². The Morgan fingerprint density at radius 1 is 0.367 bits per heavy atom. The van der Waals surface area contributed by atoms with Crippen LogP contribution < -0.4 is 9.97 Å². The summed E-state index contributed by atoms with van der Waals surface area (Å²) in [6.07, 6.45) is -2.68. The van der Waals surface area contributed by atoms with Crippen molar-refractivity contribution in [1.29, 1.82) is 0 Å². The van der Waals surface area contributed by atoms with Crippen molar-refractivity contribution in [3.63, 3.8) is 0 Å². The van der Waals surface area contributed by atoms with Crippen LogP contribution >= 0.6 is 0 Å². The van der Waals surface area contributed by atoms with E-state index in [1.165, 1.54) is 13.8 Å². The number of nitrogens with zero attached hydrogens (tertiary/aromatic N) is 10. The Balaban J connectivity index is 0.0000111. The van der Waals surface area contributed by atoms with Crippen LogP contribution in [-0.2, 0) is 128 Å². The van der Waals surface area contributed by atoms with Crippen LogP contribution in [0.5, 0.6) is 0 Å². The number of rotatable bonds is 22. The number of aromatic nitrogens is 10. The van der Waals surface area contributed by atoms with E-state index in [0.29, 0.717) is 78.7 Å². The minimum atomic E-state index is -1.44. The van der Waals surface area contributed by atoms with E-state index in [9.17, 15) is 38.4 Å². The van der Waals surface area contributed by atoms with E-state index in [1.54, 1.807) is 21.8 Å². The van der Waals surface area contributed by atoms with Gasteiger partial charge in [0.05, 0.1) is 59.8 Å². The molecule has 9 aromatic rings. The van der Waals surface area contributed by atoms with Gasteiger partial charge in [0, 0.05) is 55.4 Å². The molecular weight excluding hydrogens is 1460 g/mol. The van der Waals surface area contributed by atoms with Crippen LogP contribution in [0.2, 0.25) is 0 Å². The zero-order valence-electron chi connectivity index (χ0n) is 60.1. The average Bonchev–Trinajstić information content (AvgIpc) is 1.65. The van der Waals surface area contributed by atoms with Gasteiger partial charge in [-0.25, -0.2) is 19.3 Å². The second-order valence-corrected chi connectivity index (χ2v) is 25.3. The van der Waals surface area contributed by atoms with Crippen molar-refractivity contribution in [2.75, 3.05) is 13.2 Å². The molecule has 30 nitrogen and oxygen atoms in total. The zero-order valence-corrected chi connectivity index (χ0v) is 63.1. The van der Waals surface area contributed by atoms with Crippen molar-refractivity contribution >= 4 is 94.1 Å². The minimum Gasteiger partial charge on any atom is -0.657 e. The van der Waals surface area contributed by atoms with E-state index in [2.05, 4.69) is 20.6 Å². The first-order valence-electron chi connectivity index (χ1n) is 34.1. The number of hydrogen-bond donors (Lipinski definition) is 0. The number of esters is 8. The standard InChI is InChI=1S/C78H70N10O20.Zn/c1-41(89)97-39-65-71(101-43(3)91)73(103-45(5)93)75(105-47(7)95)77(107-65)99-37-53-35-87(85-83-53)55-23-19-51(20-24-55)69-61-31-27-57(79-61)67(49-15-11-9-12-16-49)59-29-33-63(81-59)70(64-34-30-60(82-64)68(50-17-13-10-14-18-50)58-28-32-62(69)80-58)52-21-25-56(26-22-52)88-36-54(84-86-88)38-100-78-76(106-48(8)96)74(104-46(6)94)72(102-44(4)92)66(108-78)40-98-42(2)90;/h9-36,65-66,71-78H,37-40H2,1-8H3;/q-2;+2/t65-,66-,71-,72-,73+,74+,75-,76-,77-,78-;/m1./s1. The molecular formula is C78H70N10O20Zn. The van der Waals surface area contributed by atoms with Crippen LogP contribution in [0.1, 0.15) is 89.6 Å². The Hall–Kier alpha value is -12.0. The van der Waals surface area contributed by atoms with Gasteiger partial charge < -0.3 is 66.8 Å². The molecule has 8 bridgehead atoms. The van der Waals surface area contributed by atoms with Gasteiger partial charge in [-0.05, 0) is 93.1 Å². The Labute approximate surface area is 634 Å². The molecule has 4 aliphatic heterocycles. The first-order chi connectivity index (χ1) is 52.1. The summed E-state index contributed by atoms with van der Waals surface area (Å²) in [7, 11) is 0. The molecule has 4 aromatic carbocycles. The van der Waals surface area contributed by atoms with Crippen LogP contribution in [0.4, 0.5) is 0 Å². The van der Waals surface area contributed by atoms with E-state index in [1.807, 2.05) is 158 Å². The number of ether oxygens (including phenoxy) is 12. The average molecular weight is 1530 g/mol. The summed E-state index contributed by atoms with van der Waals surface area (Å²) in [6.45, 7) is 7.77. The van der Waals surface area contributed by atoms with Gasteiger partial charge in [0.25, 0.3) is 0 Å². The molecule has 554 valence electrons. The van der Waals surface area contributed by atoms with E-state index in [4.69, 9.17) is 76.8 Å². The quantitative estimate of drug-likeness (QED) is 0.0347. The zero-order chi connectivity index (χ0) is 75.9. The maximum Gasteiger partial charge on any atom is 2.00 e. The summed E-state index contributed by atoms with van der Waals surface area (Å²) in [5.41, 5.74) is 13.1. The Morgan fingerprint density at radius 2 is 0.661 bits per heavy atom. The molecule has 0 spiro atoms. The summed E-state index contributed by atoms with van der Waals surface area (Å²) in [6, 6.07) is 42.8. The fourth-order valence-corrected chi connectivity index (χ4v) is 13.0. The van der Waals surface area contributed by atoms with Crippen molar-refractivity contribution in [3.05, 3.63) is 180 Å². The fourth-order valence-electron chi connectivity index (χ4n) is 13.0. The van der Waals surface area contributed by atoms with Crippen molar-refractivity contribution < 1.29 is 115 Å². The van der Waals surface area contributed by atoms with Gasteiger partial charge in [0.1, 0.15) is 36.8 Å². The van der Waals surface area contributed by atoms with Crippen LogP contribution in [-0.4, -0.2) is 162 Å². The van der Waals surface area contributed by atoms with Gasteiger partial charge in [-0.1, -0.05) is 120 Å². The SMILES string of the molecule is CC(=O)OC[C@H]1O[C@@H](OCc2cn(-c3ccc(-c4c5nc(c(-c6ccccc6)c6ccc([n-]6)c(-c6ccc(-n7cc(CO[C@@H]8O[C@H](COC(C)=O)[C@@H](OC(C)=O)[C@H](OC(C)=O)[C@H]8OC(C)=O)nn7)cc6)c6nc(c(-c7ccccc7)c7ccc4[n-]7)C=C6)C=C5)cc3)nn2)[C@H](OC(C)=O)[C@@H](OC(C)=O)[C@@H]1OC(C)=O.[Zn+2]. The molecule has 0 radical (unpaired) electrons. The number of carbonyl (C=O) groups is 8. The second-order valence-electron chi connectivity index (χ2n) is 25.3. The third-order valence-corrected chi connectivity index (χ3v) is 17.3. The summed E-state index contributed by atoms with van der Waals surface area (Å²) in [4.78, 5) is 120. The second kappa shape index (κ2) is 33.8. The van der Waals surface area contributed by atoms with Crippen molar-refractivity contribution in [1.82, 2.24) is 49.9 Å². The summed E-state index contributed by atoms with van der Waals surface area (Å²) in [5.74, 6) is -5.99. The molecule has 109 heavy (non-hydrogen) atoms. The summed E-state index contributed by atoms with van der Waals surface area (Å²) >= 11 is 0. The van der Waals surface area contributed by atoms with Gasteiger partial charge in [-0.2, -0.15) is 0 Å². The Bertz CT molecular complexity index is 4840. The molecule has 0 N–H and O–H groups in total. The number of fused-ring (bicyclic) bond motifs is 8. The monoisotopic (exact) mass is 1530 g/mol. The van der Waals surface area contributed by atoms with Gasteiger partial charge in [0.15, 0.2) is 49.2 Å². The predicted molar refractivity (Wildman–Crippen MR) is 382 cm³/mol. The van der Waals surface area contributed by atoms with Crippen LogP contribution in [0.25, 0.3) is 102 Å². The fraction of sp³-hybridized carbons (Fsp3) is 0.282. The molecule has 0 aliphatic carbocycles. The molecule has 10 atom stereocenters. The summed E-state index contributed by atoms with van der Waals surface area (Å²) in [5, 5.41) is 17.5. The van der Waals surface area contributed by atoms with Crippen LogP contribution in [0, 0.1) is 0 Å². The van der Waals surface area contributed by atoms with E-state index in [0.717, 1.165) is 74.9 Å². The molecule has 13 rings (SSSR count). The molecule has 31 heteroatoms. The largest absolute Gasteiger partial charge is 2.00 e. The van der Waals surface area contributed by atoms with Gasteiger partial charge >= 0.3 is 67.2 Å². The number of hydrogen-bond acceptors (Lipinski definition) is 26. The molecule has 2 saturated heterocycles. The predicted octanol–water partition coefficient (Wildman–Crippen LogP) is 8.94.